The van der Waals surface area contributed by atoms with E-state index in [-0.39, 0.29) is 16.1 Å². The van der Waals surface area contributed by atoms with Gasteiger partial charge in [-0.05, 0) is 74.6 Å². The van der Waals surface area contributed by atoms with Crippen LogP contribution in [0.5, 0.6) is 0 Å². The number of nitrogens with zero attached hydrogens (tertiary/aromatic N) is 4. The van der Waals surface area contributed by atoms with Crippen LogP contribution >= 0.6 is 0 Å². The van der Waals surface area contributed by atoms with Gasteiger partial charge in [0.1, 0.15) is 17.5 Å². The maximum Gasteiger partial charge on any atom is 0.281 e. The molecule has 4 heterocycles. The summed E-state index contributed by atoms with van der Waals surface area (Å²) >= 11 is 0. The Morgan fingerprint density at radius 3 is 2.63 bits per heavy atom. The van der Waals surface area contributed by atoms with Crippen molar-refractivity contribution in [3.63, 3.8) is 0 Å². The highest BCUT2D eigenvalue weighted by Gasteiger charge is 2.40. The predicted molar refractivity (Wildman–Crippen MR) is 135 cm³/mol. The molecule has 9 nitrogen and oxygen atoms in total. The molecule has 0 radical (unpaired) electrons. The van der Waals surface area contributed by atoms with Gasteiger partial charge in [-0.15, -0.1) is 0 Å². The Morgan fingerprint density at radius 2 is 1.91 bits per heavy atom. The van der Waals surface area contributed by atoms with E-state index in [4.69, 9.17) is 0 Å². The molecule has 0 bridgehead atoms. The summed E-state index contributed by atoms with van der Waals surface area (Å²) in [5, 5.41) is 2.74. The second-order valence-corrected chi connectivity index (χ2v) is 10.8. The zero-order valence-corrected chi connectivity index (χ0v) is 21.1. The first-order valence-corrected chi connectivity index (χ1v) is 13.1. The zero-order valence-electron chi connectivity index (χ0n) is 20.3. The second kappa shape index (κ2) is 9.61. The molecule has 1 aliphatic heterocycles. The van der Waals surface area contributed by atoms with Crippen LogP contribution in [-0.4, -0.2) is 41.4 Å². The van der Waals surface area contributed by atoms with E-state index in [1.54, 1.807) is 36.7 Å². The molecule has 1 atom stereocenters. The molecule has 1 fully saturated rings. The van der Waals surface area contributed by atoms with E-state index in [9.17, 15) is 13.2 Å². The van der Waals surface area contributed by atoms with Gasteiger partial charge in [-0.1, -0.05) is 19.9 Å². The van der Waals surface area contributed by atoms with Crippen LogP contribution in [0, 0.1) is 5.92 Å². The summed E-state index contributed by atoms with van der Waals surface area (Å²) in [6, 6.07) is 11.5. The van der Waals surface area contributed by atoms with Crippen LogP contribution in [0.3, 0.4) is 0 Å². The maximum atomic E-state index is 13.1. The summed E-state index contributed by atoms with van der Waals surface area (Å²) in [6.45, 7) is 9.14. The number of carbonyl (C=O) groups is 1. The highest BCUT2D eigenvalue weighted by Crippen LogP contribution is 2.38. The van der Waals surface area contributed by atoms with Gasteiger partial charge in [0.2, 0.25) is 0 Å². The van der Waals surface area contributed by atoms with E-state index in [1.807, 2.05) is 19.1 Å². The Morgan fingerprint density at radius 1 is 1.11 bits per heavy atom. The van der Waals surface area contributed by atoms with Crippen molar-refractivity contribution in [2.45, 2.75) is 51.1 Å². The predicted octanol–water partition coefficient (Wildman–Crippen LogP) is 3.92. The summed E-state index contributed by atoms with van der Waals surface area (Å²) in [7, 11) is -4.23. The minimum atomic E-state index is -4.23. The van der Waals surface area contributed by atoms with Crippen LogP contribution in [0.2, 0.25) is 0 Å². The Balaban J connectivity index is 1.57. The van der Waals surface area contributed by atoms with Crippen molar-refractivity contribution >= 4 is 33.4 Å². The molecule has 35 heavy (non-hydrogen) atoms. The molecular weight excluding hydrogens is 464 g/mol. The molecule has 1 saturated heterocycles. The molecule has 1 aliphatic rings. The smallest absolute Gasteiger partial charge is 0.281 e. The van der Waals surface area contributed by atoms with Crippen LogP contribution in [-0.2, 0) is 16.4 Å². The Kier molecular flexibility index (Phi) is 6.75. The van der Waals surface area contributed by atoms with Gasteiger partial charge in [0.05, 0.1) is 5.56 Å². The van der Waals surface area contributed by atoms with Gasteiger partial charge in [0.15, 0.2) is 5.03 Å². The van der Waals surface area contributed by atoms with Gasteiger partial charge in [-0.2, -0.15) is 8.42 Å². The van der Waals surface area contributed by atoms with Crippen LogP contribution in [0.4, 0.5) is 17.5 Å². The average Bonchev–Trinajstić information content (AvgIpc) is 3.11. The summed E-state index contributed by atoms with van der Waals surface area (Å²) in [4.78, 5) is 28.1. The molecule has 1 amide bonds. The molecule has 0 aromatic carbocycles. The first kappa shape index (κ1) is 24.6. The van der Waals surface area contributed by atoms with E-state index in [2.05, 4.69) is 50.7 Å². The van der Waals surface area contributed by atoms with Crippen LogP contribution in [0.1, 0.15) is 50.0 Å². The SMILES string of the molecule is CCc1ccnc(Nc2cccc(S(=O)(=O)NC(=O)c3cccnc3N3CCC(C)C3(C)C)n2)c1. The maximum absolute atomic E-state index is 13.1. The molecule has 0 spiro atoms. The third kappa shape index (κ3) is 5.12. The molecule has 2 N–H and O–H groups in total. The van der Waals surface area contributed by atoms with Gasteiger partial charge in [-0.3, -0.25) is 4.79 Å². The first-order chi connectivity index (χ1) is 16.6. The quantitative estimate of drug-likeness (QED) is 0.508. The summed E-state index contributed by atoms with van der Waals surface area (Å²) in [5.74, 6) is 0.977. The number of hydrogen-bond donors (Lipinski definition) is 2. The topological polar surface area (TPSA) is 117 Å². The van der Waals surface area contributed by atoms with Crippen molar-refractivity contribution in [1.82, 2.24) is 19.7 Å². The van der Waals surface area contributed by atoms with Crippen molar-refractivity contribution in [1.29, 1.82) is 0 Å². The van der Waals surface area contributed by atoms with E-state index in [1.165, 1.54) is 6.07 Å². The van der Waals surface area contributed by atoms with Crippen molar-refractivity contribution in [2.75, 3.05) is 16.8 Å². The van der Waals surface area contributed by atoms with Gasteiger partial charge < -0.3 is 10.2 Å². The number of rotatable bonds is 7. The number of anilines is 3. The normalized spacial score (nSPS) is 17.3. The Hall–Kier alpha value is -3.53. The second-order valence-electron chi connectivity index (χ2n) is 9.19. The minimum absolute atomic E-state index is 0.202. The molecule has 3 aromatic rings. The summed E-state index contributed by atoms with van der Waals surface area (Å²) in [6.07, 6.45) is 5.09. The molecule has 1 unspecified atom stereocenters. The molecule has 0 saturated carbocycles. The first-order valence-electron chi connectivity index (χ1n) is 11.6. The monoisotopic (exact) mass is 494 g/mol. The van der Waals surface area contributed by atoms with Crippen LogP contribution in [0.15, 0.2) is 59.9 Å². The van der Waals surface area contributed by atoms with E-state index < -0.39 is 15.9 Å². The largest absolute Gasteiger partial charge is 0.351 e. The number of carbonyl (C=O) groups excluding carboxylic acids is 1. The lowest BCUT2D eigenvalue weighted by Gasteiger charge is -2.36. The fraction of sp³-hybridized carbons (Fsp3) is 0.360. The lowest BCUT2D eigenvalue weighted by atomic mass is 9.90. The van der Waals surface area contributed by atoms with E-state index in [0.717, 1.165) is 24.9 Å². The lowest BCUT2D eigenvalue weighted by Crippen LogP contribution is -2.43. The lowest BCUT2D eigenvalue weighted by molar-refractivity contribution is 0.0981. The minimum Gasteiger partial charge on any atom is -0.351 e. The van der Waals surface area contributed by atoms with Gasteiger partial charge in [0.25, 0.3) is 15.9 Å². The average molecular weight is 495 g/mol. The third-order valence-corrected chi connectivity index (χ3v) is 7.92. The Labute approximate surface area is 206 Å². The number of hydrogen-bond acceptors (Lipinski definition) is 8. The Bertz CT molecular complexity index is 1340. The summed E-state index contributed by atoms with van der Waals surface area (Å²) in [5.41, 5.74) is 1.07. The highest BCUT2D eigenvalue weighted by molar-refractivity contribution is 7.90. The fourth-order valence-electron chi connectivity index (χ4n) is 4.16. The highest BCUT2D eigenvalue weighted by atomic mass is 32.2. The fourth-order valence-corrected chi connectivity index (χ4v) is 5.09. The molecule has 4 rings (SSSR count). The standard InChI is InChI=1S/C25H30N6O3S/c1-5-18-11-14-26-21(16-18)28-20-9-6-10-22(29-20)35(33,34)30-24(32)19-8-7-13-27-23(19)31-15-12-17(2)25(31,3)4/h6-11,13-14,16-17H,5,12,15H2,1-4H3,(H,30,32)(H,26,28,29). The summed E-state index contributed by atoms with van der Waals surface area (Å²) < 4.78 is 28.3. The van der Waals surface area contributed by atoms with E-state index in [0.29, 0.717) is 23.4 Å². The van der Waals surface area contributed by atoms with Gasteiger partial charge in [-0.25, -0.2) is 19.7 Å². The van der Waals surface area contributed by atoms with Crippen LogP contribution in [0.25, 0.3) is 0 Å². The molecule has 184 valence electrons. The third-order valence-electron chi connectivity index (χ3n) is 6.69. The van der Waals surface area contributed by atoms with Crippen molar-refractivity contribution in [2.24, 2.45) is 5.92 Å². The number of pyridine rings is 3. The number of sulfonamides is 1. The van der Waals surface area contributed by atoms with Gasteiger partial charge in [0, 0.05) is 24.5 Å². The van der Waals surface area contributed by atoms with Crippen molar-refractivity contribution in [3.05, 3.63) is 66.0 Å². The van der Waals surface area contributed by atoms with Crippen molar-refractivity contribution < 1.29 is 13.2 Å². The molecule has 3 aromatic heterocycles. The molecule has 0 aliphatic carbocycles. The molecule has 10 heteroatoms. The number of amides is 1. The van der Waals surface area contributed by atoms with Crippen molar-refractivity contribution in [3.8, 4) is 0 Å². The van der Waals surface area contributed by atoms with E-state index >= 15 is 0 Å². The number of aromatic nitrogens is 3. The zero-order chi connectivity index (χ0) is 25.2. The van der Waals surface area contributed by atoms with Crippen LogP contribution < -0.4 is 14.9 Å². The number of aryl methyl sites for hydroxylation is 1. The molecular formula is C25H30N6O3S. The number of nitrogens with one attached hydrogen (secondary N) is 2. The van der Waals surface area contributed by atoms with Gasteiger partial charge >= 0.3 is 0 Å².